The topological polar surface area (TPSA) is 38.3 Å². The van der Waals surface area contributed by atoms with Gasteiger partial charge in [0.2, 0.25) is 0 Å². The number of anilines is 1. The molecule has 74 valence electrons. The molecule has 1 N–H and O–H groups in total. The van der Waals surface area contributed by atoms with Crippen molar-refractivity contribution in [3.05, 3.63) is 29.8 Å². The average Bonchev–Trinajstić information content (AvgIpc) is 2.57. The molecule has 0 saturated carbocycles. The zero-order valence-electron chi connectivity index (χ0n) is 8.12. The first-order valence-corrected chi connectivity index (χ1v) is 4.73. The van der Waals surface area contributed by atoms with E-state index in [1.54, 1.807) is 0 Å². The second-order valence-electron chi connectivity index (χ2n) is 3.51. The van der Waals surface area contributed by atoms with Crippen molar-refractivity contribution in [2.24, 2.45) is 0 Å². The minimum atomic E-state index is -0.220. The van der Waals surface area contributed by atoms with Gasteiger partial charge in [0.25, 0.3) is 0 Å². The number of para-hydroxylation sites is 1. The van der Waals surface area contributed by atoms with Crippen molar-refractivity contribution in [3.63, 3.8) is 0 Å². The highest BCUT2D eigenvalue weighted by Gasteiger charge is 2.20. The van der Waals surface area contributed by atoms with Crippen LogP contribution in [-0.4, -0.2) is 18.6 Å². The van der Waals surface area contributed by atoms with Gasteiger partial charge in [-0.05, 0) is 18.1 Å². The van der Waals surface area contributed by atoms with Crippen LogP contribution in [0, 0.1) is 0 Å². The van der Waals surface area contributed by atoms with Crippen LogP contribution < -0.4 is 5.32 Å². The number of ether oxygens (including phenoxy) is 1. The van der Waals surface area contributed by atoms with Gasteiger partial charge in [0, 0.05) is 12.6 Å². The molecule has 3 heteroatoms. The maximum Gasteiger partial charge on any atom is 0.302 e. The quantitative estimate of drug-likeness (QED) is 0.721. The summed E-state index contributed by atoms with van der Waals surface area (Å²) in [7, 11) is 0. The van der Waals surface area contributed by atoms with Crippen LogP contribution in [0.1, 0.15) is 12.5 Å². The van der Waals surface area contributed by atoms with E-state index in [9.17, 15) is 4.79 Å². The lowest BCUT2D eigenvalue weighted by atomic mass is 10.1. The smallest absolute Gasteiger partial charge is 0.302 e. The molecule has 14 heavy (non-hydrogen) atoms. The Labute approximate surface area is 83.1 Å². The molecule has 0 spiro atoms. The van der Waals surface area contributed by atoms with Gasteiger partial charge >= 0.3 is 5.97 Å². The van der Waals surface area contributed by atoms with Crippen LogP contribution in [0.4, 0.5) is 5.69 Å². The molecule has 0 amide bonds. The van der Waals surface area contributed by atoms with Gasteiger partial charge in [-0.15, -0.1) is 0 Å². The normalized spacial score (nSPS) is 18.5. The molecule has 0 radical (unpaired) electrons. The second kappa shape index (κ2) is 3.70. The summed E-state index contributed by atoms with van der Waals surface area (Å²) in [6.45, 7) is 1.88. The number of fused-ring (bicyclic) bond motifs is 1. The number of nitrogens with one attached hydrogen (secondary N) is 1. The largest absolute Gasteiger partial charge is 0.464 e. The summed E-state index contributed by atoms with van der Waals surface area (Å²) in [5.41, 5.74) is 2.45. The van der Waals surface area contributed by atoms with E-state index in [1.807, 2.05) is 18.2 Å². The van der Waals surface area contributed by atoms with Crippen molar-refractivity contribution in [1.82, 2.24) is 0 Å². The van der Waals surface area contributed by atoms with Gasteiger partial charge in [0.05, 0.1) is 6.04 Å². The molecule has 2 rings (SSSR count). The summed E-state index contributed by atoms with van der Waals surface area (Å²) in [4.78, 5) is 10.6. The van der Waals surface area contributed by atoms with Gasteiger partial charge in [0.1, 0.15) is 6.61 Å². The Morgan fingerprint density at radius 2 is 2.36 bits per heavy atom. The highest BCUT2D eigenvalue weighted by atomic mass is 16.5. The molecule has 1 aromatic carbocycles. The Kier molecular flexibility index (Phi) is 2.39. The maximum atomic E-state index is 10.6. The molecule has 1 unspecified atom stereocenters. The average molecular weight is 191 g/mol. The monoisotopic (exact) mass is 191 g/mol. The van der Waals surface area contributed by atoms with Gasteiger partial charge in [-0.1, -0.05) is 18.2 Å². The van der Waals surface area contributed by atoms with Crippen LogP contribution in [0.5, 0.6) is 0 Å². The van der Waals surface area contributed by atoms with Crippen molar-refractivity contribution in [2.75, 3.05) is 11.9 Å². The van der Waals surface area contributed by atoms with Gasteiger partial charge in [-0.3, -0.25) is 4.79 Å². The molecular formula is C11H13NO2. The van der Waals surface area contributed by atoms with Crippen LogP contribution in [0.3, 0.4) is 0 Å². The second-order valence-corrected chi connectivity index (χ2v) is 3.51. The molecule has 0 saturated heterocycles. The zero-order chi connectivity index (χ0) is 9.97. The predicted octanol–water partition coefficient (Wildman–Crippen LogP) is 1.59. The van der Waals surface area contributed by atoms with E-state index in [-0.39, 0.29) is 12.0 Å². The standard InChI is InChI=1S/C11H13NO2/c1-8(13)14-7-10-6-9-4-2-3-5-11(9)12-10/h2-5,10,12H,6-7H2,1H3. The summed E-state index contributed by atoms with van der Waals surface area (Å²) in [6.07, 6.45) is 0.934. The molecule has 1 aliphatic heterocycles. The number of rotatable bonds is 2. The fraction of sp³-hybridized carbons (Fsp3) is 0.364. The number of hydrogen-bond donors (Lipinski definition) is 1. The molecule has 3 nitrogen and oxygen atoms in total. The van der Waals surface area contributed by atoms with E-state index in [2.05, 4.69) is 11.4 Å². The van der Waals surface area contributed by atoms with Crippen LogP contribution >= 0.6 is 0 Å². The summed E-state index contributed by atoms with van der Waals surface area (Å²) < 4.78 is 4.96. The zero-order valence-corrected chi connectivity index (χ0v) is 8.12. The number of carbonyl (C=O) groups is 1. The molecule has 1 heterocycles. The predicted molar refractivity (Wildman–Crippen MR) is 54.2 cm³/mol. The van der Waals surface area contributed by atoms with Crippen molar-refractivity contribution < 1.29 is 9.53 Å². The van der Waals surface area contributed by atoms with E-state index >= 15 is 0 Å². The van der Waals surface area contributed by atoms with E-state index in [0.29, 0.717) is 6.61 Å². The summed E-state index contributed by atoms with van der Waals surface area (Å²) >= 11 is 0. The highest BCUT2D eigenvalue weighted by Crippen LogP contribution is 2.24. The summed E-state index contributed by atoms with van der Waals surface area (Å²) in [5.74, 6) is -0.220. The fourth-order valence-corrected chi connectivity index (χ4v) is 1.69. The third kappa shape index (κ3) is 1.87. The number of benzene rings is 1. The molecule has 0 bridgehead atoms. The third-order valence-electron chi connectivity index (χ3n) is 2.33. The van der Waals surface area contributed by atoms with E-state index in [4.69, 9.17) is 4.74 Å². The summed E-state index contributed by atoms with van der Waals surface area (Å²) in [5, 5.41) is 3.31. The van der Waals surface area contributed by atoms with Crippen LogP contribution in [0.15, 0.2) is 24.3 Å². The fourth-order valence-electron chi connectivity index (χ4n) is 1.69. The molecular weight excluding hydrogens is 178 g/mol. The number of hydrogen-bond acceptors (Lipinski definition) is 3. The lowest BCUT2D eigenvalue weighted by Gasteiger charge is -2.10. The van der Waals surface area contributed by atoms with Crippen molar-refractivity contribution in [1.29, 1.82) is 0 Å². The van der Waals surface area contributed by atoms with E-state index in [0.717, 1.165) is 12.1 Å². The Bertz CT molecular complexity index is 324. The lowest BCUT2D eigenvalue weighted by molar-refractivity contribution is -0.141. The van der Waals surface area contributed by atoms with Gasteiger partial charge in [-0.25, -0.2) is 0 Å². The van der Waals surface area contributed by atoms with Crippen molar-refractivity contribution in [3.8, 4) is 0 Å². The SMILES string of the molecule is CC(=O)OCC1Cc2ccccc2N1. The Hall–Kier alpha value is -1.51. The van der Waals surface area contributed by atoms with Gasteiger partial charge in [0.15, 0.2) is 0 Å². The molecule has 0 aromatic heterocycles. The summed E-state index contributed by atoms with van der Waals surface area (Å²) in [6, 6.07) is 8.39. The lowest BCUT2D eigenvalue weighted by Crippen LogP contribution is -2.23. The number of carbonyl (C=O) groups excluding carboxylic acids is 1. The van der Waals surface area contributed by atoms with E-state index < -0.39 is 0 Å². The molecule has 0 aliphatic carbocycles. The first-order valence-electron chi connectivity index (χ1n) is 4.73. The van der Waals surface area contributed by atoms with Crippen LogP contribution in [0.25, 0.3) is 0 Å². The van der Waals surface area contributed by atoms with Gasteiger partial charge in [-0.2, -0.15) is 0 Å². The first-order chi connectivity index (χ1) is 6.75. The molecule has 1 atom stereocenters. The maximum absolute atomic E-state index is 10.6. The Morgan fingerprint density at radius 1 is 1.57 bits per heavy atom. The van der Waals surface area contributed by atoms with Crippen LogP contribution in [0.2, 0.25) is 0 Å². The minimum absolute atomic E-state index is 0.220. The minimum Gasteiger partial charge on any atom is -0.464 e. The first kappa shape index (κ1) is 9.06. The van der Waals surface area contributed by atoms with Crippen LogP contribution in [-0.2, 0) is 16.0 Å². The highest BCUT2D eigenvalue weighted by molar-refractivity contribution is 5.66. The van der Waals surface area contributed by atoms with Gasteiger partial charge < -0.3 is 10.1 Å². The third-order valence-corrected chi connectivity index (χ3v) is 2.33. The molecule has 1 aromatic rings. The van der Waals surface area contributed by atoms with Crippen molar-refractivity contribution >= 4 is 11.7 Å². The Balaban J connectivity index is 1.95. The molecule has 1 aliphatic rings. The Morgan fingerprint density at radius 3 is 3.07 bits per heavy atom. The van der Waals surface area contributed by atoms with Crippen molar-refractivity contribution in [2.45, 2.75) is 19.4 Å². The van der Waals surface area contributed by atoms with E-state index in [1.165, 1.54) is 12.5 Å². The molecule has 0 fully saturated rings. The number of esters is 1.